The lowest BCUT2D eigenvalue weighted by Gasteiger charge is -1.79. The van der Waals surface area contributed by atoms with Crippen LogP contribution in [0.5, 0.6) is 0 Å². The van der Waals surface area contributed by atoms with Gasteiger partial charge in [0.2, 0.25) is 0 Å². The Hall–Kier alpha value is -1.85. The Morgan fingerprint density at radius 3 is 1.79 bits per heavy atom. The third kappa shape index (κ3) is 37800. The van der Waals surface area contributed by atoms with Crippen molar-refractivity contribution in [2.75, 3.05) is 6.61 Å². The van der Waals surface area contributed by atoms with Crippen molar-refractivity contribution in [3.05, 3.63) is 4.91 Å². The SMILES string of the molecule is C#N.CCOC=O.FC(F)F.O=NO. The molecule has 0 aliphatic rings. The number of hydrogen-bond donors (Lipinski definition) is 1. The van der Waals surface area contributed by atoms with Gasteiger partial charge >= 0.3 is 6.68 Å². The molecule has 0 rings (SSSR count). The molecule has 14 heavy (non-hydrogen) atoms. The highest BCUT2D eigenvalue weighted by atomic mass is 19.4. The van der Waals surface area contributed by atoms with Crippen molar-refractivity contribution in [2.45, 2.75) is 13.6 Å². The van der Waals surface area contributed by atoms with Crippen LogP contribution in [0.1, 0.15) is 6.92 Å². The van der Waals surface area contributed by atoms with Crippen LogP contribution in [0.15, 0.2) is 5.34 Å². The molecule has 0 aromatic heterocycles. The number of nitriles is 1. The van der Waals surface area contributed by atoms with Gasteiger partial charge < -0.3 is 9.94 Å². The van der Waals surface area contributed by atoms with Crippen LogP contribution in [0.4, 0.5) is 13.2 Å². The first kappa shape index (κ1) is 22.7. The normalized spacial score (nSPS) is 5.93. The van der Waals surface area contributed by atoms with Crippen molar-refractivity contribution in [1.29, 1.82) is 5.26 Å². The van der Waals surface area contributed by atoms with Crippen molar-refractivity contribution in [3.8, 4) is 6.57 Å². The lowest BCUT2D eigenvalue weighted by Crippen LogP contribution is -1.80. The van der Waals surface area contributed by atoms with E-state index in [0.29, 0.717) is 13.1 Å². The number of carbonyl (C=O) groups excluding carboxylic acids is 1. The third-order valence-corrected chi connectivity index (χ3v) is 0.235. The zero-order chi connectivity index (χ0) is 12.4. The van der Waals surface area contributed by atoms with Gasteiger partial charge in [-0.25, -0.2) is 5.26 Å². The van der Waals surface area contributed by atoms with E-state index >= 15 is 0 Å². The minimum atomic E-state index is -3.67. The molecule has 0 aromatic rings. The standard InChI is InChI=1S/C3H6O2.CHF3.CHN.HNO2/c1-2-5-3-4;2-1(3)4;1-2;2-1-3/h3H,2H2,1H3;1H;1H;(H,2,3). The molecule has 0 saturated heterocycles. The van der Waals surface area contributed by atoms with Crippen LogP contribution in [-0.2, 0) is 9.53 Å². The molecule has 0 atom stereocenters. The first-order valence-corrected chi connectivity index (χ1v) is 2.76. The monoisotopic (exact) mass is 218 g/mol. The van der Waals surface area contributed by atoms with Crippen molar-refractivity contribution in [1.82, 2.24) is 0 Å². The first-order chi connectivity index (χ1) is 6.56. The Labute approximate surface area is 77.8 Å². The van der Waals surface area contributed by atoms with Gasteiger partial charge in [0.25, 0.3) is 6.47 Å². The van der Waals surface area contributed by atoms with Gasteiger partial charge in [0.05, 0.1) is 6.61 Å². The Morgan fingerprint density at radius 1 is 1.57 bits per heavy atom. The predicted octanol–water partition coefficient (Wildman–Crippen LogP) is 1.64. The van der Waals surface area contributed by atoms with Crippen LogP contribution < -0.4 is 0 Å². The van der Waals surface area contributed by atoms with E-state index < -0.39 is 6.68 Å². The lowest BCUT2D eigenvalue weighted by atomic mass is 10.9. The molecule has 0 spiro atoms. The highest BCUT2D eigenvalue weighted by Crippen LogP contribution is 1.87. The van der Waals surface area contributed by atoms with Gasteiger partial charge in [-0.2, -0.15) is 13.2 Å². The summed E-state index contributed by atoms with van der Waals surface area (Å²) in [6.45, 7) is 2.50. The summed E-state index contributed by atoms with van der Waals surface area (Å²) in [7, 11) is 0. The van der Waals surface area contributed by atoms with Crippen molar-refractivity contribution < 1.29 is 27.9 Å². The van der Waals surface area contributed by atoms with E-state index in [9.17, 15) is 18.0 Å². The van der Waals surface area contributed by atoms with E-state index in [2.05, 4.69) is 11.3 Å². The van der Waals surface area contributed by atoms with E-state index in [4.69, 9.17) is 15.4 Å². The smallest absolute Gasteiger partial charge is 0.379 e. The minimum absolute atomic E-state index is 0.431. The zero-order valence-electron chi connectivity index (χ0n) is 7.14. The van der Waals surface area contributed by atoms with Gasteiger partial charge in [0.15, 0.2) is 5.34 Å². The molecule has 0 unspecified atom stereocenters. The van der Waals surface area contributed by atoms with Crippen molar-refractivity contribution >= 4 is 6.47 Å². The number of rotatable bonds is 2. The van der Waals surface area contributed by atoms with Gasteiger partial charge in [-0.05, 0) is 6.92 Å². The number of ether oxygens (including phenoxy) is 1. The summed E-state index contributed by atoms with van der Waals surface area (Å²) in [5, 5.41) is 14.4. The van der Waals surface area contributed by atoms with Gasteiger partial charge in [0, 0.05) is 6.57 Å². The second-order valence-electron chi connectivity index (χ2n) is 0.881. The largest absolute Gasteiger partial charge is 0.468 e. The van der Waals surface area contributed by atoms with Crippen LogP contribution in [0.2, 0.25) is 0 Å². The Morgan fingerprint density at radius 2 is 1.79 bits per heavy atom. The Balaban J connectivity index is -0.0000000505. The molecular weight excluding hydrogens is 209 g/mol. The highest BCUT2D eigenvalue weighted by molar-refractivity contribution is 5.36. The fraction of sp³-hybridized carbons (Fsp3) is 0.600. The van der Waals surface area contributed by atoms with E-state index in [-0.39, 0.29) is 0 Å². The summed E-state index contributed by atoms with van der Waals surface area (Å²) in [5.41, 5.74) is 0. The molecule has 0 bridgehead atoms. The average Bonchev–Trinajstić information content (AvgIpc) is 2.09. The van der Waals surface area contributed by atoms with Gasteiger partial charge in [-0.15, -0.1) is 4.91 Å². The number of hydrogen-bond acceptors (Lipinski definition) is 5. The maximum atomic E-state index is 9.67. The molecule has 0 amide bonds. The summed E-state index contributed by atoms with van der Waals surface area (Å²) in [6.07, 6.45) is 0. The number of nitrogens with zero attached hydrogens (tertiary/aromatic N) is 2. The zero-order valence-corrected chi connectivity index (χ0v) is 7.14. The number of alkyl halides is 3. The second kappa shape index (κ2) is 43.3. The third-order valence-electron chi connectivity index (χ3n) is 0.235. The summed E-state index contributed by atoms with van der Waals surface area (Å²) in [6, 6.07) is 0. The van der Waals surface area contributed by atoms with Gasteiger partial charge in [-0.1, -0.05) is 0 Å². The predicted molar refractivity (Wildman–Crippen MR) is 39.1 cm³/mol. The molecule has 0 aliphatic heterocycles. The Kier molecular flexibility index (Phi) is 70.4. The highest BCUT2D eigenvalue weighted by Gasteiger charge is 1.86. The molecule has 0 aliphatic carbocycles. The molecule has 0 heterocycles. The summed E-state index contributed by atoms with van der Waals surface area (Å²) in [5.74, 6) is 0. The Bertz CT molecular complexity index is 120. The topological polar surface area (TPSA) is 99.8 Å². The van der Waals surface area contributed by atoms with Crippen molar-refractivity contribution in [2.24, 2.45) is 5.34 Å². The summed E-state index contributed by atoms with van der Waals surface area (Å²) >= 11 is 0. The fourth-order valence-corrected chi connectivity index (χ4v) is 0.0680. The maximum absolute atomic E-state index is 9.67. The van der Waals surface area contributed by atoms with E-state index in [1.807, 2.05) is 0 Å². The van der Waals surface area contributed by atoms with Gasteiger partial charge in [0.1, 0.15) is 0 Å². The van der Waals surface area contributed by atoms with Crippen LogP contribution in [0.25, 0.3) is 0 Å². The van der Waals surface area contributed by atoms with Crippen LogP contribution in [0.3, 0.4) is 0 Å². The van der Waals surface area contributed by atoms with E-state index in [0.717, 1.165) is 0 Å². The van der Waals surface area contributed by atoms with Gasteiger partial charge in [-0.3, -0.25) is 4.79 Å². The minimum Gasteiger partial charge on any atom is -0.468 e. The van der Waals surface area contributed by atoms with Crippen LogP contribution in [-0.4, -0.2) is 25.0 Å². The van der Waals surface area contributed by atoms with Crippen LogP contribution >= 0.6 is 0 Å². The first-order valence-electron chi connectivity index (χ1n) is 2.76. The van der Waals surface area contributed by atoms with E-state index in [1.54, 1.807) is 6.92 Å². The second-order valence-corrected chi connectivity index (χ2v) is 0.881. The maximum Gasteiger partial charge on any atom is 0.379 e. The van der Waals surface area contributed by atoms with E-state index in [1.165, 1.54) is 5.34 Å². The molecule has 0 fully saturated rings. The molecule has 84 valence electrons. The molecule has 0 saturated carbocycles. The molecule has 0 radical (unpaired) electrons. The van der Waals surface area contributed by atoms with Crippen molar-refractivity contribution in [3.63, 3.8) is 0 Å². The molecule has 0 aromatic carbocycles. The summed E-state index contributed by atoms with van der Waals surface area (Å²) in [4.78, 5) is 17.3. The number of carbonyl (C=O) groups is 1. The fourth-order valence-electron chi connectivity index (χ4n) is 0.0680. The average molecular weight is 218 g/mol. The van der Waals surface area contributed by atoms with Crippen LogP contribution in [0, 0.1) is 16.7 Å². The lowest BCUT2D eigenvalue weighted by molar-refractivity contribution is -0.128. The summed E-state index contributed by atoms with van der Waals surface area (Å²) < 4.78 is 33.2. The molecule has 1 N–H and O–H groups in total. The number of halogens is 3. The molecule has 6 nitrogen and oxygen atoms in total. The molecule has 9 heteroatoms. The quantitative estimate of drug-likeness (QED) is 0.431. The molecular formula is C5H9F3N2O4.